The van der Waals surface area contributed by atoms with Gasteiger partial charge in [-0.25, -0.2) is 0 Å². The molecule has 0 saturated carbocycles. The first-order valence-electron chi connectivity index (χ1n) is 8.13. The van der Waals surface area contributed by atoms with Crippen LogP contribution in [0, 0.1) is 6.92 Å². The molecule has 1 fully saturated rings. The molecule has 2 aromatic rings. The first kappa shape index (κ1) is 16.2. The van der Waals surface area contributed by atoms with Gasteiger partial charge in [-0.15, -0.1) is 0 Å². The molecule has 6 nitrogen and oxygen atoms in total. The molecule has 1 saturated heterocycles. The molecule has 0 bridgehead atoms. The fraction of sp³-hybridized carbons (Fsp3) is 0.389. The van der Waals surface area contributed by atoms with Crippen molar-refractivity contribution in [2.45, 2.75) is 26.4 Å². The summed E-state index contributed by atoms with van der Waals surface area (Å²) in [6.45, 7) is 5.39. The van der Waals surface area contributed by atoms with Crippen molar-refractivity contribution in [3.8, 4) is 0 Å². The molecule has 0 spiro atoms. The van der Waals surface area contributed by atoms with Crippen molar-refractivity contribution in [3.63, 3.8) is 0 Å². The van der Waals surface area contributed by atoms with Crippen LogP contribution in [0.15, 0.2) is 42.7 Å². The van der Waals surface area contributed by atoms with E-state index in [1.807, 2.05) is 53.3 Å². The van der Waals surface area contributed by atoms with E-state index >= 15 is 0 Å². The van der Waals surface area contributed by atoms with Gasteiger partial charge in [0.05, 0.1) is 12.2 Å². The fourth-order valence-corrected chi connectivity index (χ4v) is 3.14. The van der Waals surface area contributed by atoms with Crippen molar-refractivity contribution >= 4 is 11.8 Å². The third-order valence-corrected chi connectivity index (χ3v) is 4.38. The molecule has 0 unspecified atom stereocenters. The molecule has 1 aliphatic heterocycles. The number of amides is 2. The Morgan fingerprint density at radius 1 is 1.21 bits per heavy atom. The number of benzene rings is 1. The quantitative estimate of drug-likeness (QED) is 0.861. The number of hydrogen-bond donors (Lipinski definition) is 0. The molecule has 0 radical (unpaired) electrons. The summed E-state index contributed by atoms with van der Waals surface area (Å²) in [6, 6.07) is 9.78. The van der Waals surface area contributed by atoms with Crippen molar-refractivity contribution in [2.75, 3.05) is 19.6 Å². The molecule has 1 atom stereocenters. The van der Waals surface area contributed by atoms with Crippen molar-refractivity contribution in [1.29, 1.82) is 0 Å². The lowest BCUT2D eigenvalue weighted by molar-refractivity contribution is -0.142. The van der Waals surface area contributed by atoms with Crippen molar-refractivity contribution in [1.82, 2.24) is 19.6 Å². The SMILES string of the molecule is CC(=O)N1CCN(C(=O)Cn2cc(C)cn2)C[C@@H]1c1ccccc1. The lowest BCUT2D eigenvalue weighted by Gasteiger charge is -2.41. The number of carbonyl (C=O) groups is 2. The van der Waals surface area contributed by atoms with Crippen LogP contribution in [-0.4, -0.2) is 51.0 Å². The minimum Gasteiger partial charge on any atom is -0.337 e. The smallest absolute Gasteiger partial charge is 0.244 e. The van der Waals surface area contributed by atoms with E-state index in [0.717, 1.165) is 11.1 Å². The lowest BCUT2D eigenvalue weighted by Crippen LogP contribution is -2.52. The predicted octanol–water partition coefficient (Wildman–Crippen LogP) is 1.62. The zero-order valence-corrected chi connectivity index (χ0v) is 14.1. The highest BCUT2D eigenvalue weighted by atomic mass is 16.2. The van der Waals surface area contributed by atoms with Crippen LogP contribution in [0.2, 0.25) is 0 Å². The second-order valence-electron chi connectivity index (χ2n) is 6.19. The summed E-state index contributed by atoms with van der Waals surface area (Å²) >= 11 is 0. The van der Waals surface area contributed by atoms with E-state index < -0.39 is 0 Å². The van der Waals surface area contributed by atoms with Gasteiger partial charge in [0.15, 0.2) is 0 Å². The molecular weight excluding hydrogens is 304 g/mol. The van der Waals surface area contributed by atoms with Crippen LogP contribution in [0.3, 0.4) is 0 Å². The van der Waals surface area contributed by atoms with E-state index in [1.165, 1.54) is 0 Å². The highest BCUT2D eigenvalue weighted by Gasteiger charge is 2.31. The molecule has 0 aliphatic carbocycles. The van der Waals surface area contributed by atoms with Crippen LogP contribution in [0.1, 0.15) is 24.1 Å². The molecule has 2 heterocycles. The summed E-state index contributed by atoms with van der Waals surface area (Å²) < 4.78 is 1.66. The second-order valence-corrected chi connectivity index (χ2v) is 6.19. The Morgan fingerprint density at radius 3 is 2.58 bits per heavy atom. The highest BCUT2D eigenvalue weighted by molar-refractivity contribution is 5.77. The molecule has 6 heteroatoms. The van der Waals surface area contributed by atoms with Gasteiger partial charge in [-0.1, -0.05) is 30.3 Å². The molecule has 1 aliphatic rings. The van der Waals surface area contributed by atoms with Gasteiger partial charge in [0, 0.05) is 32.8 Å². The van der Waals surface area contributed by atoms with Gasteiger partial charge >= 0.3 is 0 Å². The predicted molar refractivity (Wildman–Crippen MR) is 90.1 cm³/mol. The molecule has 1 aromatic carbocycles. The number of aryl methyl sites for hydroxylation is 1. The number of hydrogen-bond acceptors (Lipinski definition) is 3. The van der Waals surface area contributed by atoms with Crippen LogP contribution >= 0.6 is 0 Å². The maximum atomic E-state index is 12.6. The van der Waals surface area contributed by atoms with Crippen LogP contribution in [-0.2, 0) is 16.1 Å². The van der Waals surface area contributed by atoms with Crippen molar-refractivity contribution in [3.05, 3.63) is 53.9 Å². The Hall–Kier alpha value is -2.63. The van der Waals surface area contributed by atoms with Gasteiger partial charge in [0.2, 0.25) is 11.8 Å². The normalized spacial score (nSPS) is 17.8. The van der Waals surface area contributed by atoms with Gasteiger partial charge < -0.3 is 9.80 Å². The second kappa shape index (κ2) is 6.86. The Balaban J connectivity index is 1.75. The number of rotatable bonds is 3. The van der Waals surface area contributed by atoms with Gasteiger partial charge in [-0.2, -0.15) is 5.10 Å². The maximum absolute atomic E-state index is 12.6. The Kier molecular flexibility index (Phi) is 4.64. The van der Waals surface area contributed by atoms with E-state index in [-0.39, 0.29) is 24.4 Å². The average Bonchev–Trinajstić information content (AvgIpc) is 3.00. The molecule has 24 heavy (non-hydrogen) atoms. The Morgan fingerprint density at radius 2 is 1.96 bits per heavy atom. The third-order valence-electron chi connectivity index (χ3n) is 4.38. The molecule has 1 aromatic heterocycles. The first-order valence-corrected chi connectivity index (χ1v) is 8.13. The van der Waals surface area contributed by atoms with Gasteiger partial charge in [0.25, 0.3) is 0 Å². The summed E-state index contributed by atoms with van der Waals surface area (Å²) in [5.74, 6) is 0.0703. The third kappa shape index (κ3) is 3.48. The summed E-state index contributed by atoms with van der Waals surface area (Å²) in [5.41, 5.74) is 2.09. The largest absolute Gasteiger partial charge is 0.337 e. The van der Waals surface area contributed by atoms with Crippen molar-refractivity contribution < 1.29 is 9.59 Å². The van der Waals surface area contributed by atoms with Gasteiger partial charge in [-0.05, 0) is 18.1 Å². The summed E-state index contributed by atoms with van der Waals surface area (Å²) in [5, 5.41) is 4.18. The van der Waals surface area contributed by atoms with E-state index in [2.05, 4.69) is 5.10 Å². The Labute approximate surface area is 141 Å². The fourth-order valence-electron chi connectivity index (χ4n) is 3.14. The number of aromatic nitrogens is 2. The molecule has 2 amide bonds. The van der Waals surface area contributed by atoms with E-state index in [0.29, 0.717) is 19.6 Å². The topological polar surface area (TPSA) is 58.4 Å². The van der Waals surface area contributed by atoms with Crippen LogP contribution in [0.5, 0.6) is 0 Å². The van der Waals surface area contributed by atoms with Crippen LogP contribution in [0.4, 0.5) is 0 Å². The average molecular weight is 326 g/mol. The van der Waals surface area contributed by atoms with Gasteiger partial charge in [0.1, 0.15) is 6.54 Å². The monoisotopic (exact) mass is 326 g/mol. The minimum atomic E-state index is -0.0965. The van der Waals surface area contributed by atoms with E-state index in [4.69, 9.17) is 0 Å². The van der Waals surface area contributed by atoms with Crippen molar-refractivity contribution in [2.24, 2.45) is 0 Å². The van der Waals surface area contributed by atoms with E-state index in [1.54, 1.807) is 17.8 Å². The summed E-state index contributed by atoms with van der Waals surface area (Å²) in [7, 11) is 0. The zero-order chi connectivity index (χ0) is 17.1. The molecular formula is C18H22N4O2. The zero-order valence-electron chi connectivity index (χ0n) is 14.1. The Bertz CT molecular complexity index is 726. The summed E-state index contributed by atoms with van der Waals surface area (Å²) in [6.07, 6.45) is 3.60. The molecule has 3 rings (SSSR count). The van der Waals surface area contributed by atoms with Crippen LogP contribution < -0.4 is 0 Å². The first-order chi connectivity index (χ1) is 11.5. The van der Waals surface area contributed by atoms with Crippen LogP contribution in [0.25, 0.3) is 0 Å². The summed E-state index contributed by atoms with van der Waals surface area (Å²) in [4.78, 5) is 28.2. The minimum absolute atomic E-state index is 0.0298. The highest BCUT2D eigenvalue weighted by Crippen LogP contribution is 2.25. The molecule has 126 valence electrons. The number of carbonyl (C=O) groups excluding carboxylic acids is 2. The number of piperazine rings is 1. The van der Waals surface area contributed by atoms with E-state index in [9.17, 15) is 9.59 Å². The van der Waals surface area contributed by atoms with Gasteiger partial charge in [-0.3, -0.25) is 14.3 Å². The number of nitrogens with zero attached hydrogens (tertiary/aromatic N) is 4. The lowest BCUT2D eigenvalue weighted by atomic mass is 10.0. The standard InChI is InChI=1S/C18H22N4O2/c1-14-10-19-21(11-14)13-18(24)20-8-9-22(15(2)23)17(12-20)16-6-4-3-5-7-16/h3-7,10-11,17H,8-9,12-13H2,1-2H3/t17-/m1/s1. The maximum Gasteiger partial charge on any atom is 0.244 e. The molecule has 0 N–H and O–H groups in total.